The molecule has 2 atom stereocenters. The number of carboxylic acids is 1. The predicted molar refractivity (Wildman–Crippen MR) is 88.1 cm³/mol. The van der Waals surface area contributed by atoms with E-state index in [1.165, 1.54) is 10.9 Å². The SMILES string of the molecule is O=C(CCCc1c[nH]c2ccccc12)N[C@@H]1CC[C@H](C(=O)O)C1. The van der Waals surface area contributed by atoms with Crippen molar-refractivity contribution in [2.24, 2.45) is 5.92 Å². The number of carbonyl (C=O) groups excluding carboxylic acids is 1. The third-order valence-corrected chi connectivity index (χ3v) is 4.67. The summed E-state index contributed by atoms with van der Waals surface area (Å²) in [6, 6.07) is 8.18. The molecule has 1 heterocycles. The Kier molecular flexibility index (Phi) is 4.65. The Morgan fingerprint density at radius 2 is 2.09 bits per heavy atom. The van der Waals surface area contributed by atoms with E-state index in [-0.39, 0.29) is 17.9 Å². The molecule has 3 rings (SSSR count). The Labute approximate surface area is 135 Å². The van der Waals surface area contributed by atoms with Crippen LogP contribution in [0.3, 0.4) is 0 Å². The number of fused-ring (bicyclic) bond motifs is 1. The highest BCUT2D eigenvalue weighted by atomic mass is 16.4. The molecule has 1 aromatic heterocycles. The molecule has 1 amide bonds. The van der Waals surface area contributed by atoms with Crippen LogP contribution < -0.4 is 5.32 Å². The molecule has 3 N–H and O–H groups in total. The maximum atomic E-state index is 12.0. The van der Waals surface area contributed by atoms with Crippen molar-refractivity contribution < 1.29 is 14.7 Å². The maximum Gasteiger partial charge on any atom is 0.306 e. The van der Waals surface area contributed by atoms with Gasteiger partial charge in [-0.05, 0) is 43.7 Å². The molecule has 1 fully saturated rings. The van der Waals surface area contributed by atoms with Gasteiger partial charge >= 0.3 is 5.97 Å². The van der Waals surface area contributed by atoms with E-state index in [1.807, 2.05) is 24.4 Å². The highest BCUT2D eigenvalue weighted by Crippen LogP contribution is 2.25. The summed E-state index contributed by atoms with van der Waals surface area (Å²) in [7, 11) is 0. The van der Waals surface area contributed by atoms with Gasteiger partial charge in [-0.2, -0.15) is 0 Å². The number of nitrogens with one attached hydrogen (secondary N) is 2. The molecular formula is C18H22N2O3. The smallest absolute Gasteiger partial charge is 0.306 e. The number of aliphatic carboxylic acids is 1. The second-order valence-corrected chi connectivity index (χ2v) is 6.33. The van der Waals surface area contributed by atoms with E-state index in [9.17, 15) is 9.59 Å². The Morgan fingerprint density at radius 1 is 1.26 bits per heavy atom. The first-order valence-corrected chi connectivity index (χ1v) is 8.20. The molecule has 2 aromatic rings. The lowest BCUT2D eigenvalue weighted by Crippen LogP contribution is -2.33. The van der Waals surface area contributed by atoms with Crippen molar-refractivity contribution in [1.29, 1.82) is 0 Å². The van der Waals surface area contributed by atoms with Gasteiger partial charge in [0.05, 0.1) is 5.92 Å². The van der Waals surface area contributed by atoms with E-state index in [0.717, 1.165) is 24.8 Å². The molecule has 0 spiro atoms. The predicted octanol–water partition coefficient (Wildman–Crippen LogP) is 2.86. The summed E-state index contributed by atoms with van der Waals surface area (Å²) >= 11 is 0. The number of aromatic nitrogens is 1. The van der Waals surface area contributed by atoms with Gasteiger partial charge in [-0.25, -0.2) is 0 Å². The lowest BCUT2D eigenvalue weighted by atomic mass is 10.1. The fourth-order valence-electron chi connectivity index (χ4n) is 3.41. The largest absolute Gasteiger partial charge is 0.481 e. The first kappa shape index (κ1) is 15.6. The average Bonchev–Trinajstić information content (AvgIpc) is 3.15. The zero-order chi connectivity index (χ0) is 16.2. The zero-order valence-corrected chi connectivity index (χ0v) is 13.0. The summed E-state index contributed by atoms with van der Waals surface area (Å²) in [5.74, 6) is -1.02. The van der Waals surface area contributed by atoms with Crippen LogP contribution >= 0.6 is 0 Å². The number of aromatic amines is 1. The van der Waals surface area contributed by atoms with Gasteiger partial charge in [0, 0.05) is 29.6 Å². The van der Waals surface area contributed by atoms with Crippen LogP contribution in [-0.2, 0) is 16.0 Å². The van der Waals surface area contributed by atoms with E-state index in [0.29, 0.717) is 19.3 Å². The first-order valence-electron chi connectivity index (χ1n) is 8.20. The van der Waals surface area contributed by atoms with Crippen LogP contribution in [0.4, 0.5) is 0 Å². The zero-order valence-electron chi connectivity index (χ0n) is 13.0. The van der Waals surface area contributed by atoms with Gasteiger partial charge in [-0.1, -0.05) is 18.2 Å². The van der Waals surface area contributed by atoms with Crippen molar-refractivity contribution in [3.05, 3.63) is 36.0 Å². The van der Waals surface area contributed by atoms with Crippen molar-refractivity contribution in [3.63, 3.8) is 0 Å². The Morgan fingerprint density at radius 3 is 2.87 bits per heavy atom. The molecule has 0 aliphatic heterocycles. The average molecular weight is 314 g/mol. The quantitative estimate of drug-likeness (QED) is 0.767. The topological polar surface area (TPSA) is 82.2 Å². The Balaban J connectivity index is 1.44. The second-order valence-electron chi connectivity index (χ2n) is 6.33. The van der Waals surface area contributed by atoms with Gasteiger partial charge in [0.25, 0.3) is 0 Å². The summed E-state index contributed by atoms with van der Waals surface area (Å²) < 4.78 is 0. The van der Waals surface area contributed by atoms with Gasteiger partial charge in [-0.3, -0.25) is 9.59 Å². The van der Waals surface area contributed by atoms with E-state index in [4.69, 9.17) is 5.11 Å². The minimum absolute atomic E-state index is 0.0247. The van der Waals surface area contributed by atoms with Gasteiger partial charge < -0.3 is 15.4 Å². The maximum absolute atomic E-state index is 12.0. The van der Waals surface area contributed by atoms with E-state index in [2.05, 4.69) is 16.4 Å². The summed E-state index contributed by atoms with van der Waals surface area (Å²) in [5, 5.41) is 13.2. The highest BCUT2D eigenvalue weighted by molar-refractivity contribution is 5.83. The van der Waals surface area contributed by atoms with Gasteiger partial charge in [0.1, 0.15) is 0 Å². The number of amides is 1. The van der Waals surface area contributed by atoms with Gasteiger partial charge in [0.15, 0.2) is 0 Å². The van der Waals surface area contributed by atoms with Crippen molar-refractivity contribution in [2.75, 3.05) is 0 Å². The monoisotopic (exact) mass is 314 g/mol. The molecule has 1 saturated carbocycles. The Bertz CT molecular complexity index is 707. The number of aryl methyl sites for hydroxylation is 1. The normalized spacial score (nSPS) is 20.7. The molecule has 5 nitrogen and oxygen atoms in total. The van der Waals surface area contributed by atoms with Crippen molar-refractivity contribution in [1.82, 2.24) is 10.3 Å². The number of para-hydroxylation sites is 1. The molecule has 5 heteroatoms. The number of benzene rings is 1. The fraction of sp³-hybridized carbons (Fsp3) is 0.444. The number of hydrogen-bond donors (Lipinski definition) is 3. The standard InChI is InChI=1S/C18H22N2O3/c21-17(20-14-9-8-12(10-14)18(22)23)7-3-4-13-11-19-16-6-2-1-5-15(13)16/h1-2,5-6,11-12,14,19H,3-4,7-10H2,(H,20,21)(H,22,23)/t12-,14+/m0/s1. The molecule has 1 aromatic carbocycles. The van der Waals surface area contributed by atoms with E-state index >= 15 is 0 Å². The van der Waals surface area contributed by atoms with E-state index < -0.39 is 5.97 Å². The third-order valence-electron chi connectivity index (χ3n) is 4.67. The molecule has 23 heavy (non-hydrogen) atoms. The summed E-state index contributed by atoms with van der Waals surface area (Å²) in [6.45, 7) is 0. The van der Waals surface area contributed by atoms with Crippen LogP contribution in [0.15, 0.2) is 30.5 Å². The lowest BCUT2D eigenvalue weighted by molar-refractivity contribution is -0.141. The van der Waals surface area contributed by atoms with Gasteiger partial charge in [0.2, 0.25) is 5.91 Å². The van der Waals surface area contributed by atoms with Crippen LogP contribution in [0.1, 0.15) is 37.7 Å². The number of carboxylic acid groups (broad SMARTS) is 1. The molecule has 0 bridgehead atoms. The molecule has 0 saturated heterocycles. The van der Waals surface area contributed by atoms with Crippen LogP contribution in [-0.4, -0.2) is 28.0 Å². The second kappa shape index (κ2) is 6.86. The van der Waals surface area contributed by atoms with Crippen molar-refractivity contribution in [2.45, 2.75) is 44.6 Å². The minimum Gasteiger partial charge on any atom is -0.481 e. The van der Waals surface area contributed by atoms with Gasteiger partial charge in [-0.15, -0.1) is 0 Å². The minimum atomic E-state index is -0.749. The van der Waals surface area contributed by atoms with Crippen molar-refractivity contribution >= 4 is 22.8 Å². The number of rotatable bonds is 6. The van der Waals surface area contributed by atoms with Crippen LogP contribution in [0, 0.1) is 5.92 Å². The molecule has 1 aliphatic rings. The molecule has 0 unspecified atom stereocenters. The summed E-state index contributed by atoms with van der Waals surface area (Å²) in [6.07, 6.45) is 6.14. The summed E-state index contributed by atoms with van der Waals surface area (Å²) in [5.41, 5.74) is 2.36. The summed E-state index contributed by atoms with van der Waals surface area (Å²) in [4.78, 5) is 26.2. The molecular weight excluding hydrogens is 292 g/mol. The first-order chi connectivity index (χ1) is 11.1. The van der Waals surface area contributed by atoms with Crippen LogP contribution in [0.5, 0.6) is 0 Å². The Hall–Kier alpha value is -2.30. The number of H-pyrrole nitrogens is 1. The van der Waals surface area contributed by atoms with E-state index in [1.54, 1.807) is 0 Å². The molecule has 1 aliphatic carbocycles. The molecule has 122 valence electrons. The fourth-order valence-corrected chi connectivity index (χ4v) is 3.41. The number of carbonyl (C=O) groups is 2. The number of hydrogen-bond acceptors (Lipinski definition) is 2. The highest BCUT2D eigenvalue weighted by Gasteiger charge is 2.30. The van der Waals surface area contributed by atoms with Crippen LogP contribution in [0.25, 0.3) is 10.9 Å². The van der Waals surface area contributed by atoms with Crippen molar-refractivity contribution in [3.8, 4) is 0 Å². The lowest BCUT2D eigenvalue weighted by Gasteiger charge is -2.12. The third kappa shape index (κ3) is 3.73. The van der Waals surface area contributed by atoms with Crippen LogP contribution in [0.2, 0.25) is 0 Å². The molecule has 0 radical (unpaired) electrons.